The molecule has 3 atom stereocenters. The van der Waals surface area contributed by atoms with Crippen LogP contribution in [0, 0.1) is 5.92 Å². The Hall–Kier alpha value is -2.59. The van der Waals surface area contributed by atoms with Gasteiger partial charge < -0.3 is 26.8 Å². The lowest BCUT2D eigenvalue weighted by Crippen LogP contribution is -2.55. The van der Waals surface area contributed by atoms with Crippen LogP contribution in [0.5, 0.6) is 0 Å². The molecule has 10 heteroatoms. The molecule has 1 aromatic carbocycles. The SMILES string of the molecule is CC(C)C(N)C(=O)NC(Cc1ccccc1)C(=O)NCC(=O)NC(CS)C(=O)O. The molecular weight excluding hydrogens is 396 g/mol. The quantitative estimate of drug-likeness (QED) is 0.259. The summed E-state index contributed by atoms with van der Waals surface area (Å²) < 4.78 is 0. The molecule has 0 saturated heterocycles. The number of amides is 3. The van der Waals surface area contributed by atoms with Crippen LogP contribution in [-0.2, 0) is 25.6 Å². The fourth-order valence-corrected chi connectivity index (χ4v) is 2.60. The molecule has 0 spiro atoms. The highest BCUT2D eigenvalue weighted by atomic mass is 32.1. The van der Waals surface area contributed by atoms with Crippen LogP contribution in [0.3, 0.4) is 0 Å². The molecule has 0 aliphatic heterocycles. The molecule has 0 saturated carbocycles. The van der Waals surface area contributed by atoms with Crippen molar-refractivity contribution in [3.05, 3.63) is 35.9 Å². The maximum absolute atomic E-state index is 12.6. The highest BCUT2D eigenvalue weighted by molar-refractivity contribution is 7.80. The summed E-state index contributed by atoms with van der Waals surface area (Å²) in [6, 6.07) is 6.19. The zero-order valence-corrected chi connectivity index (χ0v) is 17.3. The molecule has 0 fully saturated rings. The molecule has 0 radical (unpaired) electrons. The van der Waals surface area contributed by atoms with Crippen LogP contribution in [0.25, 0.3) is 0 Å². The molecule has 160 valence electrons. The Balaban J connectivity index is 2.77. The number of hydrogen-bond acceptors (Lipinski definition) is 6. The third kappa shape index (κ3) is 8.53. The van der Waals surface area contributed by atoms with Gasteiger partial charge in [-0.1, -0.05) is 44.2 Å². The van der Waals surface area contributed by atoms with Crippen LogP contribution < -0.4 is 21.7 Å². The monoisotopic (exact) mass is 424 g/mol. The lowest BCUT2D eigenvalue weighted by molar-refractivity contribution is -0.141. The minimum atomic E-state index is -1.23. The molecular formula is C19H28N4O5S. The second-order valence-corrected chi connectivity index (χ2v) is 7.24. The van der Waals surface area contributed by atoms with Gasteiger partial charge in [0.1, 0.15) is 12.1 Å². The van der Waals surface area contributed by atoms with Gasteiger partial charge in [0.05, 0.1) is 12.6 Å². The third-order valence-electron chi connectivity index (χ3n) is 4.18. The van der Waals surface area contributed by atoms with Gasteiger partial charge in [0.2, 0.25) is 17.7 Å². The summed E-state index contributed by atoms with van der Waals surface area (Å²) in [6.07, 6.45) is 0.208. The number of carboxylic acids is 1. The van der Waals surface area contributed by atoms with Crippen molar-refractivity contribution in [3.63, 3.8) is 0 Å². The molecule has 0 aliphatic carbocycles. The van der Waals surface area contributed by atoms with Gasteiger partial charge in [-0.15, -0.1) is 0 Å². The standard InChI is InChI=1S/C19H28N4O5S/c1-11(2)16(20)18(26)23-13(8-12-6-4-3-5-7-12)17(25)21-9-15(24)22-14(10-29)19(27)28/h3-7,11,13-14,16,29H,8-10,20H2,1-2H3,(H,21,25)(H,22,24)(H,23,26)(H,27,28). The molecule has 3 amide bonds. The number of hydrogen-bond donors (Lipinski definition) is 6. The maximum atomic E-state index is 12.6. The van der Waals surface area contributed by atoms with Crippen LogP contribution in [0.15, 0.2) is 30.3 Å². The summed E-state index contributed by atoms with van der Waals surface area (Å²) in [4.78, 5) is 47.7. The van der Waals surface area contributed by atoms with E-state index >= 15 is 0 Å². The van der Waals surface area contributed by atoms with Crippen LogP contribution >= 0.6 is 12.6 Å². The summed E-state index contributed by atoms with van der Waals surface area (Å²) >= 11 is 3.86. The minimum absolute atomic E-state index is 0.0885. The van der Waals surface area contributed by atoms with E-state index in [4.69, 9.17) is 10.8 Å². The van der Waals surface area contributed by atoms with Crippen molar-refractivity contribution in [2.45, 2.75) is 38.4 Å². The van der Waals surface area contributed by atoms with Gasteiger partial charge in [-0.3, -0.25) is 14.4 Å². The highest BCUT2D eigenvalue weighted by Crippen LogP contribution is 2.05. The summed E-state index contributed by atoms with van der Waals surface area (Å²) in [5.74, 6) is -3.16. The van der Waals surface area contributed by atoms with E-state index in [1.807, 2.05) is 30.3 Å². The molecule has 0 bridgehead atoms. The maximum Gasteiger partial charge on any atom is 0.327 e. The average Bonchev–Trinajstić information content (AvgIpc) is 2.69. The molecule has 1 rings (SSSR count). The van der Waals surface area contributed by atoms with Gasteiger partial charge in [-0.05, 0) is 11.5 Å². The molecule has 3 unspecified atom stereocenters. The summed E-state index contributed by atoms with van der Waals surface area (Å²) in [5.41, 5.74) is 6.67. The van der Waals surface area contributed by atoms with E-state index in [0.29, 0.717) is 0 Å². The van der Waals surface area contributed by atoms with Gasteiger partial charge >= 0.3 is 5.97 Å². The first-order chi connectivity index (χ1) is 13.6. The summed E-state index contributed by atoms with van der Waals surface area (Å²) in [7, 11) is 0. The number of carbonyl (C=O) groups is 4. The van der Waals surface area contributed by atoms with Crippen molar-refractivity contribution in [3.8, 4) is 0 Å². The smallest absolute Gasteiger partial charge is 0.327 e. The molecule has 0 heterocycles. The van der Waals surface area contributed by atoms with Gasteiger partial charge in [0.25, 0.3) is 0 Å². The van der Waals surface area contributed by atoms with Crippen LogP contribution in [0.1, 0.15) is 19.4 Å². The van der Waals surface area contributed by atoms with Gasteiger partial charge in [0.15, 0.2) is 0 Å². The fraction of sp³-hybridized carbons (Fsp3) is 0.474. The van der Waals surface area contributed by atoms with E-state index in [1.54, 1.807) is 13.8 Å². The lowest BCUT2D eigenvalue weighted by atomic mass is 10.0. The van der Waals surface area contributed by atoms with Crippen molar-refractivity contribution in [2.24, 2.45) is 11.7 Å². The Bertz CT molecular complexity index is 714. The first-order valence-corrected chi connectivity index (χ1v) is 9.79. The van der Waals surface area contributed by atoms with E-state index in [-0.39, 0.29) is 18.1 Å². The molecule has 29 heavy (non-hydrogen) atoms. The number of carboxylic acid groups (broad SMARTS) is 1. The van der Waals surface area contributed by atoms with E-state index < -0.39 is 48.4 Å². The van der Waals surface area contributed by atoms with E-state index in [9.17, 15) is 19.2 Å². The first kappa shape index (κ1) is 24.4. The molecule has 9 nitrogen and oxygen atoms in total. The molecule has 0 aromatic heterocycles. The topological polar surface area (TPSA) is 151 Å². The van der Waals surface area contributed by atoms with E-state index in [1.165, 1.54) is 0 Å². The Morgan fingerprint density at radius 3 is 2.17 bits per heavy atom. The first-order valence-electron chi connectivity index (χ1n) is 9.16. The van der Waals surface area contributed by atoms with E-state index in [2.05, 4.69) is 28.6 Å². The van der Waals surface area contributed by atoms with Crippen LogP contribution in [0.4, 0.5) is 0 Å². The van der Waals surface area contributed by atoms with Crippen molar-refractivity contribution in [1.82, 2.24) is 16.0 Å². The number of nitrogens with one attached hydrogen (secondary N) is 3. The van der Waals surface area contributed by atoms with Gasteiger partial charge in [-0.25, -0.2) is 4.79 Å². The molecule has 6 N–H and O–H groups in total. The van der Waals surface area contributed by atoms with Gasteiger partial charge in [-0.2, -0.15) is 12.6 Å². The second-order valence-electron chi connectivity index (χ2n) is 6.88. The van der Waals surface area contributed by atoms with Gasteiger partial charge in [0, 0.05) is 12.2 Å². The predicted octanol–water partition coefficient (Wildman–Crippen LogP) is -0.687. The lowest BCUT2D eigenvalue weighted by Gasteiger charge is -2.22. The number of thiol groups is 1. The van der Waals surface area contributed by atoms with Crippen molar-refractivity contribution >= 4 is 36.3 Å². The average molecular weight is 425 g/mol. The predicted molar refractivity (Wildman–Crippen MR) is 111 cm³/mol. The largest absolute Gasteiger partial charge is 0.480 e. The Labute approximate surface area is 175 Å². The van der Waals surface area contributed by atoms with Crippen molar-refractivity contribution in [2.75, 3.05) is 12.3 Å². The van der Waals surface area contributed by atoms with Crippen LogP contribution in [-0.4, -0.2) is 59.2 Å². The summed E-state index contributed by atoms with van der Waals surface area (Å²) in [5, 5.41) is 16.2. The zero-order chi connectivity index (χ0) is 22.0. The minimum Gasteiger partial charge on any atom is -0.480 e. The molecule has 1 aromatic rings. The number of rotatable bonds is 11. The Morgan fingerprint density at radius 2 is 1.66 bits per heavy atom. The number of carbonyl (C=O) groups excluding carboxylic acids is 3. The van der Waals surface area contributed by atoms with E-state index in [0.717, 1.165) is 5.56 Å². The number of aliphatic carboxylic acids is 1. The second kappa shape index (κ2) is 12.1. The Morgan fingerprint density at radius 1 is 1.03 bits per heavy atom. The number of benzene rings is 1. The number of nitrogens with two attached hydrogens (primary N) is 1. The normalized spacial score (nSPS) is 13.8. The fourth-order valence-electron chi connectivity index (χ4n) is 2.35. The van der Waals surface area contributed by atoms with Crippen molar-refractivity contribution < 1.29 is 24.3 Å². The third-order valence-corrected chi connectivity index (χ3v) is 4.54. The van der Waals surface area contributed by atoms with Crippen molar-refractivity contribution in [1.29, 1.82) is 0 Å². The molecule has 0 aliphatic rings. The Kier molecular flexibility index (Phi) is 10.2. The van der Waals surface area contributed by atoms with Crippen LogP contribution in [0.2, 0.25) is 0 Å². The zero-order valence-electron chi connectivity index (χ0n) is 16.4. The summed E-state index contributed by atoms with van der Waals surface area (Å²) in [6.45, 7) is 3.15. The highest BCUT2D eigenvalue weighted by Gasteiger charge is 2.26.